The minimum absolute atomic E-state index is 0.0781. The molecule has 1 amide bonds. The summed E-state index contributed by atoms with van der Waals surface area (Å²) in [5.41, 5.74) is 4.81. The van der Waals surface area contributed by atoms with Crippen molar-refractivity contribution in [2.45, 2.75) is 25.3 Å². The van der Waals surface area contributed by atoms with Crippen molar-refractivity contribution in [3.8, 4) is 0 Å². The molecule has 0 heterocycles. The molecule has 0 spiro atoms. The highest BCUT2D eigenvalue weighted by Gasteiger charge is 2.44. The monoisotopic (exact) mass is 318 g/mol. The first kappa shape index (κ1) is 13.4. The molecule has 0 bridgehead atoms. The fraction of sp³-hybridized carbons (Fsp3) is 0.417. The van der Waals surface area contributed by atoms with Crippen molar-refractivity contribution in [3.63, 3.8) is 0 Å². The van der Waals surface area contributed by atoms with Gasteiger partial charge in [-0.1, -0.05) is 0 Å². The predicted molar refractivity (Wildman–Crippen MR) is 68.0 cm³/mol. The first-order valence-electron chi connectivity index (χ1n) is 5.57. The van der Waals surface area contributed by atoms with E-state index in [1.807, 2.05) is 0 Å². The Kier molecular flexibility index (Phi) is 3.42. The molecule has 98 valence electrons. The lowest BCUT2D eigenvalue weighted by molar-refractivity contribution is -0.121. The van der Waals surface area contributed by atoms with E-state index in [-0.39, 0.29) is 16.1 Å². The first-order chi connectivity index (χ1) is 8.32. The fourth-order valence-corrected chi connectivity index (χ4v) is 2.09. The quantitative estimate of drug-likeness (QED) is 0.842. The van der Waals surface area contributed by atoms with Crippen molar-refractivity contribution < 1.29 is 13.6 Å². The molecular formula is C12H13BrF2N2O. The molecule has 1 aliphatic carbocycles. The number of nitrogens with one attached hydrogen (secondary N) is 1. The molecule has 2 rings (SSSR count). The van der Waals surface area contributed by atoms with Gasteiger partial charge in [0, 0.05) is 6.07 Å². The van der Waals surface area contributed by atoms with E-state index >= 15 is 0 Å². The van der Waals surface area contributed by atoms with Crippen LogP contribution in [0.15, 0.2) is 16.6 Å². The number of hydrogen-bond donors (Lipinski definition) is 2. The molecule has 1 fully saturated rings. The van der Waals surface area contributed by atoms with E-state index in [0.717, 1.165) is 12.8 Å². The number of amides is 1. The molecule has 3 N–H and O–H groups in total. The largest absolute Gasteiger partial charge is 0.322 e. The second-order valence-corrected chi connectivity index (χ2v) is 5.61. The topological polar surface area (TPSA) is 55.1 Å². The smallest absolute Gasteiger partial charge is 0.244 e. The van der Waals surface area contributed by atoms with Crippen LogP contribution in [0.3, 0.4) is 0 Å². The van der Waals surface area contributed by atoms with Gasteiger partial charge in [-0.05, 0) is 47.7 Å². The van der Waals surface area contributed by atoms with Gasteiger partial charge in [0.25, 0.3) is 0 Å². The van der Waals surface area contributed by atoms with E-state index in [2.05, 4.69) is 21.2 Å². The van der Waals surface area contributed by atoms with Crippen LogP contribution in [0.1, 0.15) is 19.8 Å². The molecule has 0 saturated heterocycles. The van der Waals surface area contributed by atoms with Crippen molar-refractivity contribution in [1.82, 2.24) is 0 Å². The van der Waals surface area contributed by atoms with Crippen LogP contribution >= 0.6 is 15.9 Å². The van der Waals surface area contributed by atoms with Crippen molar-refractivity contribution in [2.75, 3.05) is 5.32 Å². The van der Waals surface area contributed by atoms with Crippen molar-refractivity contribution in [3.05, 3.63) is 28.2 Å². The molecule has 0 aliphatic heterocycles. The summed E-state index contributed by atoms with van der Waals surface area (Å²) in [7, 11) is 0. The molecule has 0 radical (unpaired) electrons. The Morgan fingerprint density at radius 2 is 2.06 bits per heavy atom. The lowest BCUT2D eigenvalue weighted by atomic mass is 9.96. The Balaban J connectivity index is 2.19. The van der Waals surface area contributed by atoms with Gasteiger partial charge >= 0.3 is 0 Å². The fourth-order valence-electron chi connectivity index (χ4n) is 1.74. The van der Waals surface area contributed by atoms with Crippen LogP contribution in [-0.2, 0) is 4.79 Å². The lowest BCUT2D eigenvalue weighted by Crippen LogP contribution is -2.50. The summed E-state index contributed by atoms with van der Waals surface area (Å²) in [6.07, 6.45) is 1.80. The zero-order valence-corrected chi connectivity index (χ0v) is 11.4. The number of carbonyl (C=O) groups excluding carboxylic acids is 1. The average Bonchev–Trinajstić information content (AvgIpc) is 3.09. The van der Waals surface area contributed by atoms with E-state index in [4.69, 9.17) is 5.73 Å². The van der Waals surface area contributed by atoms with E-state index in [1.54, 1.807) is 6.92 Å². The zero-order valence-electron chi connectivity index (χ0n) is 9.77. The van der Waals surface area contributed by atoms with E-state index in [9.17, 15) is 13.6 Å². The Morgan fingerprint density at radius 3 is 2.61 bits per heavy atom. The maximum Gasteiger partial charge on any atom is 0.244 e. The van der Waals surface area contributed by atoms with Crippen LogP contribution in [-0.4, -0.2) is 11.4 Å². The number of benzene rings is 1. The van der Waals surface area contributed by atoms with Gasteiger partial charge in [-0.15, -0.1) is 0 Å². The van der Waals surface area contributed by atoms with Crippen molar-refractivity contribution in [2.24, 2.45) is 11.7 Å². The second-order valence-electron chi connectivity index (χ2n) is 4.76. The van der Waals surface area contributed by atoms with Crippen LogP contribution in [0.25, 0.3) is 0 Å². The SMILES string of the molecule is CC(N)(C(=O)Nc1cc(Br)c(F)cc1F)C1CC1. The van der Waals surface area contributed by atoms with Gasteiger partial charge in [-0.3, -0.25) is 4.79 Å². The molecule has 3 nitrogen and oxygen atoms in total. The summed E-state index contributed by atoms with van der Waals surface area (Å²) in [6, 6.07) is 1.90. The summed E-state index contributed by atoms with van der Waals surface area (Å²) in [4.78, 5) is 12.0. The maximum absolute atomic E-state index is 13.5. The third-order valence-corrected chi connectivity index (χ3v) is 3.78. The Labute approximate surface area is 112 Å². The summed E-state index contributed by atoms with van der Waals surface area (Å²) in [5, 5.41) is 2.40. The highest BCUT2D eigenvalue weighted by atomic mass is 79.9. The van der Waals surface area contributed by atoms with E-state index in [1.165, 1.54) is 6.07 Å². The summed E-state index contributed by atoms with van der Waals surface area (Å²) in [5.74, 6) is -1.87. The number of rotatable bonds is 3. The number of nitrogens with two attached hydrogens (primary N) is 1. The van der Waals surface area contributed by atoms with Crippen LogP contribution in [0, 0.1) is 17.6 Å². The van der Waals surface area contributed by atoms with Gasteiger partial charge in [0.1, 0.15) is 11.6 Å². The molecule has 0 aromatic heterocycles. The van der Waals surface area contributed by atoms with Gasteiger partial charge in [-0.2, -0.15) is 0 Å². The molecule has 1 aromatic rings. The summed E-state index contributed by atoms with van der Waals surface area (Å²) >= 11 is 2.94. The molecule has 1 atom stereocenters. The number of carbonyl (C=O) groups is 1. The molecule has 1 unspecified atom stereocenters. The molecule has 6 heteroatoms. The van der Waals surface area contributed by atoms with Gasteiger partial charge in [0.15, 0.2) is 0 Å². The van der Waals surface area contributed by atoms with E-state index < -0.39 is 23.1 Å². The van der Waals surface area contributed by atoms with Crippen molar-refractivity contribution >= 4 is 27.5 Å². The normalized spacial score (nSPS) is 18.3. The third-order valence-electron chi connectivity index (χ3n) is 3.17. The number of halogens is 3. The van der Waals surface area contributed by atoms with Crippen LogP contribution in [0.4, 0.5) is 14.5 Å². The third kappa shape index (κ3) is 2.54. The molecule has 1 aromatic carbocycles. The zero-order chi connectivity index (χ0) is 13.5. The highest BCUT2D eigenvalue weighted by molar-refractivity contribution is 9.10. The summed E-state index contributed by atoms with van der Waals surface area (Å²) < 4.78 is 26.6. The highest BCUT2D eigenvalue weighted by Crippen LogP contribution is 2.38. The molecule has 18 heavy (non-hydrogen) atoms. The minimum Gasteiger partial charge on any atom is -0.322 e. The lowest BCUT2D eigenvalue weighted by Gasteiger charge is -2.23. The minimum atomic E-state index is -1.02. The standard InChI is InChI=1S/C12H13BrF2N2O/c1-12(16,6-2-3-6)11(18)17-10-4-7(13)8(14)5-9(10)15/h4-6H,2-3,16H2,1H3,(H,17,18). The maximum atomic E-state index is 13.5. The van der Waals surface area contributed by atoms with Gasteiger partial charge in [0.05, 0.1) is 15.7 Å². The van der Waals surface area contributed by atoms with Crippen molar-refractivity contribution in [1.29, 1.82) is 0 Å². The van der Waals surface area contributed by atoms with E-state index in [0.29, 0.717) is 6.07 Å². The molecule has 1 aliphatic rings. The first-order valence-corrected chi connectivity index (χ1v) is 6.36. The second kappa shape index (κ2) is 4.59. The summed E-state index contributed by atoms with van der Waals surface area (Å²) in [6.45, 7) is 1.62. The average molecular weight is 319 g/mol. The Hall–Kier alpha value is -1.01. The van der Waals surface area contributed by atoms with Crippen LogP contribution in [0.5, 0.6) is 0 Å². The Bertz CT molecular complexity index is 501. The van der Waals surface area contributed by atoms with Gasteiger partial charge < -0.3 is 11.1 Å². The number of anilines is 1. The predicted octanol–water partition coefficient (Wildman–Crippen LogP) is 2.79. The van der Waals surface area contributed by atoms with Gasteiger partial charge in [-0.25, -0.2) is 8.78 Å². The Morgan fingerprint density at radius 1 is 1.44 bits per heavy atom. The van der Waals surface area contributed by atoms with Gasteiger partial charge in [0.2, 0.25) is 5.91 Å². The number of hydrogen-bond acceptors (Lipinski definition) is 2. The van der Waals surface area contributed by atoms with Crippen LogP contribution < -0.4 is 11.1 Å². The molecule has 1 saturated carbocycles. The van der Waals surface area contributed by atoms with Crippen LogP contribution in [0.2, 0.25) is 0 Å². The molecular weight excluding hydrogens is 306 g/mol.